The molecule has 2 rings (SSSR count). The second kappa shape index (κ2) is 3.62. The van der Waals surface area contributed by atoms with E-state index in [0.717, 1.165) is 6.20 Å². The fourth-order valence-corrected chi connectivity index (χ4v) is 1.77. The van der Waals surface area contributed by atoms with Crippen LogP contribution in [0, 0.1) is 0 Å². The Morgan fingerprint density at radius 1 is 1.19 bits per heavy atom. The van der Waals surface area contributed by atoms with E-state index in [-0.39, 0.29) is 9.95 Å². The quantitative estimate of drug-likeness (QED) is 0.730. The lowest BCUT2D eigenvalue weighted by molar-refractivity contribution is -0.206. The first kappa shape index (κ1) is 11.2. The molecule has 0 saturated heterocycles. The minimum Gasteiger partial charge on any atom is -0.268 e. The lowest BCUT2D eigenvalue weighted by atomic mass is 10.2. The van der Waals surface area contributed by atoms with Crippen LogP contribution >= 0.6 is 15.9 Å². The van der Waals surface area contributed by atoms with E-state index in [1.54, 1.807) is 12.1 Å². The number of rotatable bonds is 0. The van der Waals surface area contributed by atoms with Gasteiger partial charge in [-0.25, -0.2) is 4.57 Å². The summed E-state index contributed by atoms with van der Waals surface area (Å²) in [5.74, 6) is 0. The van der Waals surface area contributed by atoms with Crippen molar-refractivity contribution in [2.24, 2.45) is 0 Å². The van der Waals surface area contributed by atoms with Gasteiger partial charge in [-0.05, 0) is 23.6 Å². The van der Waals surface area contributed by atoms with Crippen molar-refractivity contribution in [2.75, 3.05) is 0 Å². The van der Waals surface area contributed by atoms with Crippen molar-refractivity contribution >= 4 is 26.7 Å². The van der Waals surface area contributed by atoms with Gasteiger partial charge in [0.2, 0.25) is 0 Å². The SMILES string of the molecule is O=c1c2cc(Br)ccc2ccn1C(F)(F)F. The summed E-state index contributed by atoms with van der Waals surface area (Å²) in [4.78, 5) is 11.5. The fourth-order valence-electron chi connectivity index (χ4n) is 1.41. The number of aromatic nitrogens is 1. The molecule has 0 unspecified atom stereocenters. The summed E-state index contributed by atoms with van der Waals surface area (Å²) >= 11 is 3.11. The molecule has 0 amide bonds. The molecule has 0 spiro atoms. The smallest absolute Gasteiger partial charge is 0.268 e. The summed E-state index contributed by atoms with van der Waals surface area (Å²) in [6, 6.07) is 5.89. The molecule has 6 heteroatoms. The van der Waals surface area contributed by atoms with E-state index in [1.165, 1.54) is 12.1 Å². The van der Waals surface area contributed by atoms with Gasteiger partial charge in [-0.1, -0.05) is 22.0 Å². The van der Waals surface area contributed by atoms with E-state index in [1.807, 2.05) is 0 Å². The second-order valence-electron chi connectivity index (χ2n) is 3.19. The van der Waals surface area contributed by atoms with Crippen LogP contribution in [0.2, 0.25) is 0 Å². The van der Waals surface area contributed by atoms with Gasteiger partial charge in [0, 0.05) is 16.1 Å². The normalized spacial score (nSPS) is 12.0. The Morgan fingerprint density at radius 2 is 1.88 bits per heavy atom. The minimum atomic E-state index is -4.69. The lowest BCUT2D eigenvalue weighted by Crippen LogP contribution is -2.30. The third kappa shape index (κ3) is 1.84. The zero-order chi connectivity index (χ0) is 11.9. The molecule has 2 nitrogen and oxygen atoms in total. The van der Waals surface area contributed by atoms with Crippen molar-refractivity contribution in [3.8, 4) is 0 Å². The second-order valence-corrected chi connectivity index (χ2v) is 4.11. The molecule has 0 aliphatic carbocycles. The fraction of sp³-hybridized carbons (Fsp3) is 0.100. The third-order valence-corrected chi connectivity index (χ3v) is 2.63. The zero-order valence-corrected chi connectivity index (χ0v) is 9.34. The molecule has 0 fully saturated rings. The topological polar surface area (TPSA) is 22.0 Å². The lowest BCUT2D eigenvalue weighted by Gasteiger charge is -2.10. The summed E-state index contributed by atoms with van der Waals surface area (Å²) in [7, 11) is 0. The van der Waals surface area contributed by atoms with Gasteiger partial charge in [0.15, 0.2) is 0 Å². The molecular weight excluding hydrogens is 287 g/mol. The molecule has 0 aliphatic heterocycles. The molecule has 1 heterocycles. The molecule has 0 radical (unpaired) electrons. The summed E-state index contributed by atoms with van der Waals surface area (Å²) in [5, 5.41) is 0.517. The molecule has 84 valence electrons. The van der Waals surface area contributed by atoms with Gasteiger partial charge in [0.1, 0.15) is 0 Å². The van der Waals surface area contributed by atoms with Gasteiger partial charge in [-0.2, -0.15) is 0 Å². The number of nitrogens with zero attached hydrogens (tertiary/aromatic N) is 1. The number of pyridine rings is 1. The number of halogens is 4. The van der Waals surface area contributed by atoms with Crippen LogP contribution in [0.25, 0.3) is 10.8 Å². The number of hydrogen-bond acceptors (Lipinski definition) is 1. The number of benzene rings is 1. The van der Waals surface area contributed by atoms with Gasteiger partial charge in [-0.3, -0.25) is 4.79 Å². The molecule has 0 aliphatic rings. The first-order valence-corrected chi connectivity index (χ1v) is 5.07. The molecule has 0 atom stereocenters. The number of alkyl halides is 3. The van der Waals surface area contributed by atoms with Crippen molar-refractivity contribution in [3.05, 3.63) is 45.3 Å². The maximum absolute atomic E-state index is 12.4. The zero-order valence-electron chi connectivity index (χ0n) is 7.75. The van der Waals surface area contributed by atoms with Gasteiger partial charge in [0.25, 0.3) is 5.56 Å². The van der Waals surface area contributed by atoms with Crippen molar-refractivity contribution < 1.29 is 13.2 Å². The molecule has 0 N–H and O–H groups in total. The minimum absolute atomic E-state index is 0.0363. The van der Waals surface area contributed by atoms with E-state index in [0.29, 0.717) is 9.86 Å². The summed E-state index contributed by atoms with van der Waals surface area (Å²) in [5.41, 5.74) is -1.06. The molecule has 0 saturated carbocycles. The van der Waals surface area contributed by atoms with Gasteiger partial charge >= 0.3 is 6.30 Å². The Balaban J connectivity index is 2.84. The first-order valence-electron chi connectivity index (χ1n) is 4.28. The Bertz CT molecular complexity index is 603. The Morgan fingerprint density at radius 3 is 2.50 bits per heavy atom. The molecule has 1 aromatic carbocycles. The van der Waals surface area contributed by atoms with Crippen LogP contribution < -0.4 is 5.56 Å². The van der Waals surface area contributed by atoms with Crippen LogP contribution in [0.15, 0.2) is 39.7 Å². The standard InChI is InChI=1S/C10H5BrF3NO/c11-7-2-1-6-3-4-15(10(12,13)14)9(16)8(6)5-7/h1-5H. The molecule has 16 heavy (non-hydrogen) atoms. The van der Waals surface area contributed by atoms with Gasteiger partial charge < -0.3 is 0 Å². The van der Waals surface area contributed by atoms with E-state index >= 15 is 0 Å². The van der Waals surface area contributed by atoms with E-state index in [2.05, 4.69) is 15.9 Å². The molecular formula is C10H5BrF3NO. The van der Waals surface area contributed by atoms with Crippen molar-refractivity contribution in [2.45, 2.75) is 6.30 Å². The average Bonchev–Trinajstić information content (AvgIpc) is 2.17. The summed E-state index contributed by atoms with van der Waals surface area (Å²) in [6.07, 6.45) is -3.95. The van der Waals surface area contributed by atoms with E-state index < -0.39 is 11.9 Å². The van der Waals surface area contributed by atoms with Gasteiger partial charge in [-0.15, -0.1) is 13.2 Å². The highest BCUT2D eigenvalue weighted by atomic mass is 79.9. The Hall–Kier alpha value is -1.30. The van der Waals surface area contributed by atoms with E-state index in [9.17, 15) is 18.0 Å². The predicted octanol–water partition coefficient (Wildman–Crippen LogP) is 3.24. The monoisotopic (exact) mass is 291 g/mol. The van der Waals surface area contributed by atoms with Crippen LogP contribution in [0.1, 0.15) is 0 Å². The molecule has 1 aromatic heterocycles. The van der Waals surface area contributed by atoms with Crippen LogP contribution in [0.4, 0.5) is 13.2 Å². The van der Waals surface area contributed by atoms with Gasteiger partial charge in [0.05, 0.1) is 0 Å². The largest absolute Gasteiger partial charge is 0.491 e. The first-order chi connectivity index (χ1) is 7.39. The predicted molar refractivity (Wildman–Crippen MR) is 57.2 cm³/mol. The highest BCUT2D eigenvalue weighted by molar-refractivity contribution is 9.10. The maximum Gasteiger partial charge on any atom is 0.491 e. The number of hydrogen-bond donors (Lipinski definition) is 0. The summed E-state index contributed by atoms with van der Waals surface area (Å²) < 4.78 is 37.6. The van der Waals surface area contributed by atoms with Crippen LogP contribution in [0.5, 0.6) is 0 Å². The highest BCUT2D eigenvalue weighted by Crippen LogP contribution is 2.22. The van der Waals surface area contributed by atoms with Crippen LogP contribution in [-0.2, 0) is 6.30 Å². The Labute approximate surface area is 96.4 Å². The highest BCUT2D eigenvalue weighted by Gasteiger charge is 2.31. The van der Waals surface area contributed by atoms with Crippen molar-refractivity contribution in [1.29, 1.82) is 0 Å². The number of fused-ring (bicyclic) bond motifs is 1. The summed E-state index contributed by atoms with van der Waals surface area (Å²) in [6.45, 7) is 0. The third-order valence-electron chi connectivity index (χ3n) is 2.14. The van der Waals surface area contributed by atoms with Crippen molar-refractivity contribution in [3.63, 3.8) is 0 Å². The van der Waals surface area contributed by atoms with Crippen LogP contribution in [-0.4, -0.2) is 4.57 Å². The molecule has 2 aromatic rings. The Kier molecular flexibility index (Phi) is 2.53. The average molecular weight is 292 g/mol. The van der Waals surface area contributed by atoms with Crippen LogP contribution in [0.3, 0.4) is 0 Å². The van der Waals surface area contributed by atoms with E-state index in [4.69, 9.17) is 0 Å². The maximum atomic E-state index is 12.4. The molecule has 0 bridgehead atoms. The van der Waals surface area contributed by atoms with Crippen molar-refractivity contribution in [1.82, 2.24) is 4.57 Å².